The summed E-state index contributed by atoms with van der Waals surface area (Å²) in [6.45, 7) is 2.57. The number of aromatic nitrogens is 1. The van der Waals surface area contributed by atoms with Gasteiger partial charge in [-0.1, -0.05) is 29.0 Å². The number of nitrogens with zero attached hydrogens (tertiary/aromatic N) is 1. The summed E-state index contributed by atoms with van der Waals surface area (Å²) in [5.74, 6) is 0. The van der Waals surface area contributed by atoms with E-state index in [4.69, 9.17) is 18.9 Å². The maximum absolute atomic E-state index is 10.7. The van der Waals surface area contributed by atoms with Crippen LogP contribution in [0.5, 0.6) is 0 Å². The zero-order valence-electron chi connectivity index (χ0n) is 20.0. The standard InChI is InChI=1S/C23H31NO11S3/c1-2-10(37-38-23-24-11-5-3-4-6-14(11)36-23)9-32-21-19(31)17(29)20(13(8-26)34-21)35-22-18(30)16(28)15(27)12(7-25)33-22/h2-6,10,12-13,15-22,25-31H,1,7-9H2/t10?,12-,13-,15-,16+,17-,18-,19-,20+,21-,22+/m1/s1. The van der Waals surface area contributed by atoms with Gasteiger partial charge in [-0.2, -0.15) is 0 Å². The number of benzene rings is 1. The maximum Gasteiger partial charge on any atom is 0.187 e. The van der Waals surface area contributed by atoms with E-state index in [0.717, 1.165) is 14.6 Å². The first-order valence-electron chi connectivity index (χ1n) is 11.8. The lowest BCUT2D eigenvalue weighted by molar-refractivity contribution is -0.359. The minimum absolute atomic E-state index is 0.0664. The molecule has 2 aromatic rings. The Morgan fingerprint density at radius 3 is 2.32 bits per heavy atom. The third-order valence-electron chi connectivity index (χ3n) is 6.17. The highest BCUT2D eigenvalue weighted by Crippen LogP contribution is 2.39. The van der Waals surface area contributed by atoms with E-state index in [2.05, 4.69) is 11.6 Å². The van der Waals surface area contributed by atoms with Gasteiger partial charge in [0, 0.05) is 0 Å². The van der Waals surface area contributed by atoms with Crippen molar-refractivity contribution in [3.63, 3.8) is 0 Å². The smallest absolute Gasteiger partial charge is 0.187 e. The molecule has 2 fully saturated rings. The molecule has 2 aliphatic heterocycles. The highest BCUT2D eigenvalue weighted by Gasteiger charge is 2.50. The number of ether oxygens (including phenoxy) is 4. The summed E-state index contributed by atoms with van der Waals surface area (Å²) in [5, 5.41) is 70.5. The number of fused-ring (bicyclic) bond motifs is 1. The number of hydrogen-bond acceptors (Lipinski definition) is 15. The first kappa shape index (κ1) is 30.1. The van der Waals surface area contributed by atoms with Gasteiger partial charge in [-0.05, 0) is 22.9 Å². The molecule has 38 heavy (non-hydrogen) atoms. The molecule has 3 heterocycles. The lowest BCUT2D eigenvalue weighted by Gasteiger charge is -2.46. The molecule has 0 spiro atoms. The Labute approximate surface area is 230 Å². The van der Waals surface area contributed by atoms with Crippen LogP contribution in [0.1, 0.15) is 0 Å². The molecule has 11 atom stereocenters. The Morgan fingerprint density at radius 2 is 1.63 bits per heavy atom. The highest BCUT2D eigenvalue weighted by atomic mass is 33.1. The monoisotopic (exact) mass is 593 g/mol. The third kappa shape index (κ3) is 6.70. The molecule has 0 bridgehead atoms. The van der Waals surface area contributed by atoms with Crippen LogP contribution in [0.15, 0.2) is 41.3 Å². The molecule has 0 aliphatic carbocycles. The Morgan fingerprint density at radius 1 is 0.947 bits per heavy atom. The normalized spacial score (nSPS) is 36.8. The first-order valence-corrected chi connectivity index (χ1v) is 14.8. The fraction of sp³-hybridized carbons (Fsp3) is 0.609. The molecule has 7 N–H and O–H groups in total. The van der Waals surface area contributed by atoms with Crippen molar-refractivity contribution in [2.45, 2.75) is 71.0 Å². The van der Waals surface area contributed by atoms with Crippen LogP contribution in [-0.2, 0) is 18.9 Å². The van der Waals surface area contributed by atoms with Crippen LogP contribution < -0.4 is 0 Å². The molecule has 4 rings (SSSR count). The van der Waals surface area contributed by atoms with Crippen molar-refractivity contribution >= 4 is 43.1 Å². The molecule has 2 saturated heterocycles. The summed E-state index contributed by atoms with van der Waals surface area (Å²) >= 11 is 1.56. The molecule has 0 radical (unpaired) electrons. The van der Waals surface area contributed by atoms with Gasteiger partial charge in [-0.25, -0.2) is 4.98 Å². The zero-order valence-corrected chi connectivity index (χ0v) is 22.5. The van der Waals surface area contributed by atoms with E-state index in [1.165, 1.54) is 21.6 Å². The highest BCUT2D eigenvalue weighted by molar-refractivity contribution is 8.77. The number of aliphatic hydroxyl groups excluding tert-OH is 7. The van der Waals surface area contributed by atoms with Crippen molar-refractivity contribution in [2.24, 2.45) is 0 Å². The average Bonchev–Trinajstić information content (AvgIpc) is 3.35. The van der Waals surface area contributed by atoms with Crippen LogP contribution >= 0.6 is 32.9 Å². The van der Waals surface area contributed by atoms with Gasteiger partial charge < -0.3 is 54.7 Å². The maximum atomic E-state index is 10.7. The number of para-hydroxylation sites is 1. The molecule has 0 saturated carbocycles. The van der Waals surface area contributed by atoms with E-state index in [0.29, 0.717) is 0 Å². The predicted octanol–water partition coefficient (Wildman–Crippen LogP) is -0.768. The minimum Gasteiger partial charge on any atom is -0.394 e. The fourth-order valence-corrected chi connectivity index (χ4v) is 7.46. The molecule has 0 amide bonds. The molecular formula is C23H31NO11S3. The number of rotatable bonds is 11. The van der Waals surface area contributed by atoms with Gasteiger partial charge in [0.05, 0.1) is 35.3 Å². The van der Waals surface area contributed by atoms with Gasteiger partial charge in [0.2, 0.25) is 0 Å². The van der Waals surface area contributed by atoms with Crippen molar-refractivity contribution in [1.82, 2.24) is 4.98 Å². The second-order valence-electron chi connectivity index (χ2n) is 8.74. The molecule has 12 nitrogen and oxygen atoms in total. The summed E-state index contributed by atoms with van der Waals surface area (Å²) in [6.07, 6.45) is -13.3. The van der Waals surface area contributed by atoms with Crippen molar-refractivity contribution < 1.29 is 54.7 Å². The Hall–Kier alpha value is -0.890. The predicted molar refractivity (Wildman–Crippen MR) is 139 cm³/mol. The van der Waals surface area contributed by atoms with E-state index >= 15 is 0 Å². The largest absolute Gasteiger partial charge is 0.394 e. The van der Waals surface area contributed by atoms with Crippen LogP contribution in [0, 0.1) is 0 Å². The summed E-state index contributed by atoms with van der Waals surface area (Å²) in [7, 11) is 2.91. The topological polar surface area (TPSA) is 191 Å². The van der Waals surface area contributed by atoms with E-state index in [-0.39, 0.29) is 11.9 Å². The van der Waals surface area contributed by atoms with Crippen molar-refractivity contribution in [2.75, 3.05) is 19.8 Å². The molecular weight excluding hydrogens is 562 g/mol. The Balaban J connectivity index is 1.33. The fourth-order valence-electron chi connectivity index (χ4n) is 4.01. The summed E-state index contributed by atoms with van der Waals surface area (Å²) < 4.78 is 24.1. The quantitative estimate of drug-likeness (QED) is 0.127. The molecule has 2 aliphatic rings. The summed E-state index contributed by atoms with van der Waals surface area (Å²) in [5.41, 5.74) is 0.912. The van der Waals surface area contributed by atoms with Gasteiger partial charge >= 0.3 is 0 Å². The first-order chi connectivity index (χ1) is 18.3. The molecule has 1 aromatic carbocycles. The van der Waals surface area contributed by atoms with Gasteiger partial charge in [-0.15, -0.1) is 17.9 Å². The second kappa shape index (κ2) is 13.6. The lowest BCUT2D eigenvalue weighted by Crippen LogP contribution is -2.64. The number of aliphatic hydroxyl groups is 7. The van der Waals surface area contributed by atoms with Crippen molar-refractivity contribution in [3.05, 3.63) is 36.9 Å². The van der Waals surface area contributed by atoms with Crippen LogP contribution in [0.3, 0.4) is 0 Å². The Bertz CT molecular complexity index is 1010. The number of thiazole rings is 1. The van der Waals surface area contributed by atoms with Crippen LogP contribution in [0.25, 0.3) is 10.2 Å². The van der Waals surface area contributed by atoms with Crippen molar-refractivity contribution in [1.29, 1.82) is 0 Å². The van der Waals surface area contributed by atoms with Gasteiger partial charge in [0.15, 0.2) is 16.9 Å². The van der Waals surface area contributed by atoms with Crippen LogP contribution in [0.4, 0.5) is 0 Å². The molecule has 1 aromatic heterocycles. The molecule has 15 heteroatoms. The third-order valence-corrected chi connectivity index (χ3v) is 10.2. The van der Waals surface area contributed by atoms with Gasteiger partial charge in [-0.3, -0.25) is 0 Å². The summed E-state index contributed by atoms with van der Waals surface area (Å²) in [4.78, 5) is 4.57. The Kier molecular flexibility index (Phi) is 10.8. The van der Waals surface area contributed by atoms with E-state index in [9.17, 15) is 35.7 Å². The SMILES string of the molecule is C=CC(CO[C@@H]1O[C@H](CO)[C@H](O[C@@H]2O[C@H](CO)[C@@H](O)[C@H](O)[C@H]2O)[C@H](O)[C@H]1O)SSc1nc2ccccc2s1. The molecule has 1 unspecified atom stereocenters. The number of hydrogen-bond donors (Lipinski definition) is 7. The lowest BCUT2D eigenvalue weighted by atomic mass is 9.97. The van der Waals surface area contributed by atoms with E-state index in [1.807, 2.05) is 24.3 Å². The zero-order chi connectivity index (χ0) is 27.4. The van der Waals surface area contributed by atoms with Gasteiger partial charge in [0.1, 0.15) is 48.8 Å². The second-order valence-corrected chi connectivity index (χ2v) is 12.5. The van der Waals surface area contributed by atoms with E-state index < -0.39 is 74.6 Å². The van der Waals surface area contributed by atoms with Crippen LogP contribution in [-0.4, -0.2) is 127 Å². The minimum atomic E-state index is -1.73. The average molecular weight is 594 g/mol. The molecule has 212 valence electrons. The van der Waals surface area contributed by atoms with Crippen LogP contribution in [0.2, 0.25) is 0 Å². The van der Waals surface area contributed by atoms with Crippen molar-refractivity contribution in [3.8, 4) is 0 Å². The van der Waals surface area contributed by atoms with Gasteiger partial charge in [0.25, 0.3) is 0 Å². The summed E-state index contributed by atoms with van der Waals surface area (Å²) in [6, 6.07) is 7.81. The van der Waals surface area contributed by atoms with E-state index in [1.54, 1.807) is 17.4 Å².